The van der Waals surface area contributed by atoms with E-state index in [1.165, 1.54) is 0 Å². The van der Waals surface area contributed by atoms with E-state index in [0.717, 1.165) is 36.8 Å². The number of primary amides is 1. The van der Waals surface area contributed by atoms with Crippen LogP contribution in [0, 0.1) is 35.8 Å². The number of hydrogen-bond acceptors (Lipinski definition) is 3. The van der Waals surface area contributed by atoms with Crippen molar-refractivity contribution in [1.82, 2.24) is 10.6 Å². The van der Waals surface area contributed by atoms with Gasteiger partial charge in [0.15, 0.2) is 0 Å². The molecule has 4 rings (SSSR count). The van der Waals surface area contributed by atoms with Crippen molar-refractivity contribution in [2.24, 2.45) is 29.4 Å². The third-order valence-electron chi connectivity index (χ3n) is 7.19. The maximum absolute atomic E-state index is 13.0. The topological polar surface area (TPSA) is 101 Å². The molecule has 0 aromatic heterocycles. The third kappa shape index (κ3) is 5.73. The van der Waals surface area contributed by atoms with Gasteiger partial charge in [-0.3, -0.25) is 14.4 Å². The summed E-state index contributed by atoms with van der Waals surface area (Å²) in [7, 11) is 0. The number of rotatable bonds is 10. The minimum absolute atomic E-state index is 0.0996. The van der Waals surface area contributed by atoms with Crippen molar-refractivity contribution in [1.29, 1.82) is 0 Å². The van der Waals surface area contributed by atoms with Crippen LogP contribution in [0.5, 0.6) is 0 Å². The summed E-state index contributed by atoms with van der Waals surface area (Å²) in [4.78, 5) is 37.6. The highest BCUT2D eigenvalue weighted by Crippen LogP contribution is 2.48. The Balaban J connectivity index is 1.33. The van der Waals surface area contributed by atoms with Gasteiger partial charge in [0, 0.05) is 12.0 Å². The number of carbonyl (C=O) groups is 3. The Hall–Kier alpha value is -3.33. The smallest absolute Gasteiger partial charge is 0.239 e. The molecule has 2 aliphatic carbocycles. The Morgan fingerprint density at radius 1 is 1.03 bits per heavy atom. The Morgan fingerprint density at radius 3 is 2.55 bits per heavy atom. The molecule has 2 aromatic rings. The molecule has 6 heteroatoms. The molecule has 4 N–H and O–H groups in total. The minimum Gasteiger partial charge on any atom is -0.369 e. The molecule has 5 unspecified atom stereocenters. The van der Waals surface area contributed by atoms with Crippen molar-refractivity contribution >= 4 is 17.7 Å². The van der Waals surface area contributed by atoms with Gasteiger partial charge in [-0.25, -0.2) is 0 Å². The lowest BCUT2D eigenvalue weighted by Crippen LogP contribution is -2.51. The van der Waals surface area contributed by atoms with Gasteiger partial charge in [-0.2, -0.15) is 0 Å². The molecular formula is C27H31N3O3. The molecule has 2 fully saturated rings. The molecule has 0 saturated heterocycles. The SMILES string of the molecule is NC(=O)C1C2CCC(C2)C1NC(=O)CNC(=O)C(CCc1cc#ccc1)Cc1ccccc1. The van der Waals surface area contributed by atoms with Crippen molar-refractivity contribution in [3.63, 3.8) is 0 Å². The van der Waals surface area contributed by atoms with Crippen LogP contribution < -0.4 is 16.4 Å². The molecule has 0 radical (unpaired) electrons. The first-order chi connectivity index (χ1) is 16.0. The van der Waals surface area contributed by atoms with Gasteiger partial charge in [0.1, 0.15) is 0 Å². The Morgan fingerprint density at radius 2 is 1.82 bits per heavy atom. The monoisotopic (exact) mass is 445 g/mol. The number of benzene rings is 1. The van der Waals surface area contributed by atoms with E-state index in [-0.39, 0.29) is 48.1 Å². The highest BCUT2D eigenvalue weighted by atomic mass is 16.2. The highest BCUT2D eigenvalue weighted by molar-refractivity contribution is 5.87. The highest BCUT2D eigenvalue weighted by Gasteiger charge is 2.50. The zero-order chi connectivity index (χ0) is 23.2. The average Bonchev–Trinajstić information content (AvgIpc) is 3.43. The van der Waals surface area contributed by atoms with Crippen LogP contribution in [0.1, 0.15) is 36.8 Å². The van der Waals surface area contributed by atoms with Crippen LogP contribution in [0.25, 0.3) is 0 Å². The number of fused-ring (bicyclic) bond motifs is 2. The quantitative estimate of drug-likeness (QED) is 0.523. The van der Waals surface area contributed by atoms with Gasteiger partial charge in [0.2, 0.25) is 17.7 Å². The number of amides is 3. The van der Waals surface area contributed by atoms with Gasteiger partial charge in [-0.1, -0.05) is 48.5 Å². The predicted octanol–water partition coefficient (Wildman–Crippen LogP) is 2.21. The Kier molecular flexibility index (Phi) is 7.29. The summed E-state index contributed by atoms with van der Waals surface area (Å²) in [5.74, 6) is -0.721. The van der Waals surface area contributed by atoms with E-state index >= 15 is 0 Å². The van der Waals surface area contributed by atoms with Gasteiger partial charge in [-0.15, -0.1) is 0 Å². The molecule has 5 atom stereocenters. The molecular weight excluding hydrogens is 414 g/mol. The van der Waals surface area contributed by atoms with E-state index < -0.39 is 0 Å². The number of aryl methyl sites for hydroxylation is 1. The first-order valence-electron chi connectivity index (χ1n) is 11.8. The van der Waals surface area contributed by atoms with Crippen molar-refractivity contribution < 1.29 is 14.4 Å². The maximum Gasteiger partial charge on any atom is 0.239 e. The van der Waals surface area contributed by atoms with Crippen LogP contribution in [-0.2, 0) is 27.2 Å². The van der Waals surface area contributed by atoms with Gasteiger partial charge >= 0.3 is 0 Å². The second kappa shape index (κ2) is 10.5. The number of carbonyl (C=O) groups excluding carboxylic acids is 3. The van der Waals surface area contributed by atoms with E-state index in [4.69, 9.17) is 5.73 Å². The second-order valence-corrected chi connectivity index (χ2v) is 9.34. The van der Waals surface area contributed by atoms with E-state index in [1.54, 1.807) is 0 Å². The molecule has 2 aromatic carbocycles. The predicted molar refractivity (Wildman–Crippen MR) is 125 cm³/mol. The lowest BCUT2D eigenvalue weighted by molar-refractivity contribution is -0.130. The summed E-state index contributed by atoms with van der Waals surface area (Å²) >= 11 is 0. The lowest BCUT2D eigenvalue weighted by atomic mass is 9.84. The molecule has 2 bridgehead atoms. The molecule has 6 nitrogen and oxygen atoms in total. The van der Waals surface area contributed by atoms with Crippen LogP contribution in [-0.4, -0.2) is 30.3 Å². The van der Waals surface area contributed by atoms with Crippen LogP contribution in [0.2, 0.25) is 0 Å². The molecule has 2 saturated carbocycles. The summed E-state index contributed by atoms with van der Waals surface area (Å²) in [6, 6.07) is 21.2. The fourth-order valence-corrected chi connectivity index (χ4v) is 5.56. The van der Waals surface area contributed by atoms with Gasteiger partial charge < -0.3 is 16.4 Å². The maximum atomic E-state index is 13.0. The Bertz CT molecular complexity index is 963. The standard InChI is InChI=1S/C27H31N3O3/c28-26(32)24-20-13-14-21(16-20)25(24)30-23(31)17-29-27(33)22(15-19-9-5-2-6-10-19)12-11-18-7-3-1-4-8-18/h2-3,5-10,20-22,24-25H,11-17H2,(H2,28,32)(H,29,33)(H,30,31). The lowest BCUT2D eigenvalue weighted by Gasteiger charge is -2.29. The first kappa shape index (κ1) is 22.8. The van der Waals surface area contributed by atoms with Crippen LogP contribution >= 0.6 is 0 Å². The average molecular weight is 446 g/mol. The fraction of sp³-hybridized carbons (Fsp3) is 0.444. The van der Waals surface area contributed by atoms with Crippen molar-refractivity contribution in [3.8, 4) is 0 Å². The molecule has 0 spiro atoms. The van der Waals surface area contributed by atoms with Gasteiger partial charge in [0.05, 0.1) is 12.5 Å². The van der Waals surface area contributed by atoms with Crippen LogP contribution in [0.15, 0.2) is 48.5 Å². The van der Waals surface area contributed by atoms with E-state index in [2.05, 4.69) is 22.8 Å². The van der Waals surface area contributed by atoms with E-state index in [1.807, 2.05) is 48.5 Å². The zero-order valence-electron chi connectivity index (χ0n) is 18.8. The summed E-state index contributed by atoms with van der Waals surface area (Å²) in [6.07, 6.45) is 4.97. The van der Waals surface area contributed by atoms with Crippen molar-refractivity contribution in [3.05, 3.63) is 71.8 Å². The zero-order valence-corrected chi connectivity index (χ0v) is 18.8. The van der Waals surface area contributed by atoms with E-state index in [9.17, 15) is 14.4 Å². The summed E-state index contributed by atoms with van der Waals surface area (Å²) in [5.41, 5.74) is 7.79. The largest absolute Gasteiger partial charge is 0.369 e. The van der Waals surface area contributed by atoms with Crippen LogP contribution in [0.3, 0.4) is 0 Å². The first-order valence-corrected chi connectivity index (χ1v) is 11.8. The number of hydrogen-bond donors (Lipinski definition) is 3. The fourth-order valence-electron chi connectivity index (χ4n) is 5.56. The van der Waals surface area contributed by atoms with E-state index in [0.29, 0.717) is 18.8 Å². The summed E-state index contributed by atoms with van der Waals surface area (Å²) < 4.78 is 0. The molecule has 172 valence electrons. The molecule has 0 aliphatic heterocycles. The summed E-state index contributed by atoms with van der Waals surface area (Å²) in [5, 5.41) is 5.80. The minimum atomic E-state index is -0.338. The molecule has 2 aliphatic rings. The van der Waals surface area contributed by atoms with Gasteiger partial charge in [-0.05, 0) is 73.6 Å². The summed E-state index contributed by atoms with van der Waals surface area (Å²) in [6.45, 7) is -0.0996. The van der Waals surface area contributed by atoms with Crippen molar-refractivity contribution in [2.75, 3.05) is 6.54 Å². The normalized spacial score (nSPS) is 24.0. The molecule has 0 heterocycles. The molecule has 33 heavy (non-hydrogen) atoms. The van der Waals surface area contributed by atoms with Crippen LogP contribution in [0.4, 0.5) is 0 Å². The third-order valence-corrected chi connectivity index (χ3v) is 7.19. The van der Waals surface area contributed by atoms with Crippen molar-refractivity contribution in [2.45, 2.75) is 44.6 Å². The Labute approximate surface area is 195 Å². The number of nitrogens with two attached hydrogens (primary N) is 1. The second-order valence-electron chi connectivity index (χ2n) is 9.34. The molecule has 3 amide bonds. The number of nitrogens with one attached hydrogen (secondary N) is 2. The van der Waals surface area contributed by atoms with Gasteiger partial charge in [0.25, 0.3) is 0 Å².